The molecule has 2 aromatic rings. The summed E-state index contributed by atoms with van der Waals surface area (Å²) in [5, 5.41) is 6.66. The first-order valence-electron chi connectivity index (χ1n) is 5.93. The number of benzene rings is 1. The Hall–Kier alpha value is -1.26. The number of thiophene rings is 1. The Bertz CT molecular complexity index is 563. The van der Waals surface area contributed by atoms with Crippen LogP contribution in [0.25, 0.3) is 11.1 Å². The first kappa shape index (κ1) is 11.8. The van der Waals surface area contributed by atoms with E-state index < -0.39 is 6.43 Å². The summed E-state index contributed by atoms with van der Waals surface area (Å²) in [4.78, 5) is 0. The minimum absolute atomic E-state index is 0.147. The molecule has 0 saturated heterocycles. The second-order valence-corrected chi connectivity index (χ2v) is 5.20. The molecule has 1 aromatic carbocycles. The van der Waals surface area contributed by atoms with E-state index >= 15 is 0 Å². The predicted octanol–water partition coefficient (Wildman–Crippen LogP) is 4.00. The SMILES string of the molecule is FC(F)c1cscc1-c1ccc2c(c1)CCNC2. The van der Waals surface area contributed by atoms with Gasteiger partial charge in [-0.05, 0) is 35.0 Å². The lowest BCUT2D eigenvalue weighted by Gasteiger charge is -2.18. The molecule has 0 unspecified atom stereocenters. The number of rotatable bonds is 2. The van der Waals surface area contributed by atoms with Crippen LogP contribution >= 0.6 is 11.3 Å². The fourth-order valence-electron chi connectivity index (χ4n) is 2.36. The van der Waals surface area contributed by atoms with E-state index in [4.69, 9.17) is 0 Å². The van der Waals surface area contributed by atoms with Crippen LogP contribution in [-0.2, 0) is 13.0 Å². The number of alkyl halides is 2. The van der Waals surface area contributed by atoms with Gasteiger partial charge in [-0.25, -0.2) is 8.78 Å². The average molecular weight is 265 g/mol. The summed E-state index contributed by atoms with van der Waals surface area (Å²) in [6.45, 7) is 1.84. The van der Waals surface area contributed by atoms with E-state index in [0.717, 1.165) is 25.1 Å². The Morgan fingerprint density at radius 2 is 2.06 bits per heavy atom. The Balaban J connectivity index is 2.04. The van der Waals surface area contributed by atoms with E-state index in [-0.39, 0.29) is 5.56 Å². The molecule has 1 nitrogen and oxygen atoms in total. The molecular formula is C14H13F2NS. The summed E-state index contributed by atoms with van der Waals surface area (Å²) < 4.78 is 25.8. The highest BCUT2D eigenvalue weighted by Crippen LogP contribution is 2.35. The molecular weight excluding hydrogens is 252 g/mol. The maximum absolute atomic E-state index is 12.9. The zero-order valence-corrected chi connectivity index (χ0v) is 10.6. The van der Waals surface area contributed by atoms with E-state index in [1.54, 1.807) is 5.38 Å². The molecule has 0 saturated carbocycles. The van der Waals surface area contributed by atoms with Crippen LogP contribution in [0.5, 0.6) is 0 Å². The van der Waals surface area contributed by atoms with Gasteiger partial charge in [-0.1, -0.05) is 18.2 Å². The van der Waals surface area contributed by atoms with Gasteiger partial charge in [0.05, 0.1) is 0 Å². The molecule has 2 heterocycles. The molecule has 4 heteroatoms. The maximum atomic E-state index is 12.9. The van der Waals surface area contributed by atoms with E-state index in [1.165, 1.54) is 22.5 Å². The van der Waals surface area contributed by atoms with E-state index in [2.05, 4.69) is 11.4 Å². The van der Waals surface area contributed by atoms with Crippen molar-refractivity contribution >= 4 is 11.3 Å². The third kappa shape index (κ3) is 2.06. The highest BCUT2D eigenvalue weighted by molar-refractivity contribution is 7.08. The fourth-order valence-corrected chi connectivity index (χ4v) is 3.21. The number of fused-ring (bicyclic) bond motifs is 1. The molecule has 1 N–H and O–H groups in total. The van der Waals surface area contributed by atoms with Gasteiger partial charge in [0.25, 0.3) is 6.43 Å². The Morgan fingerprint density at radius 1 is 1.17 bits per heavy atom. The number of hydrogen-bond donors (Lipinski definition) is 1. The van der Waals surface area contributed by atoms with Crippen molar-refractivity contribution in [1.29, 1.82) is 0 Å². The van der Waals surface area contributed by atoms with Crippen LogP contribution in [0.15, 0.2) is 29.0 Å². The fraction of sp³-hybridized carbons (Fsp3) is 0.286. The van der Waals surface area contributed by atoms with Crippen molar-refractivity contribution in [2.45, 2.75) is 19.4 Å². The van der Waals surface area contributed by atoms with Crippen molar-refractivity contribution in [3.8, 4) is 11.1 Å². The zero-order valence-electron chi connectivity index (χ0n) is 9.75. The molecule has 1 aliphatic rings. The van der Waals surface area contributed by atoms with Gasteiger partial charge in [-0.2, -0.15) is 11.3 Å². The molecule has 0 amide bonds. The van der Waals surface area contributed by atoms with Crippen LogP contribution in [0.2, 0.25) is 0 Å². The summed E-state index contributed by atoms with van der Waals surface area (Å²) in [5.74, 6) is 0. The van der Waals surface area contributed by atoms with Gasteiger partial charge in [0, 0.05) is 23.1 Å². The van der Waals surface area contributed by atoms with Crippen LogP contribution < -0.4 is 5.32 Å². The van der Waals surface area contributed by atoms with Crippen LogP contribution in [0.3, 0.4) is 0 Å². The minimum atomic E-state index is -2.40. The van der Waals surface area contributed by atoms with Crippen molar-refractivity contribution in [2.75, 3.05) is 6.54 Å². The lowest BCUT2D eigenvalue weighted by Crippen LogP contribution is -2.23. The van der Waals surface area contributed by atoms with Gasteiger partial charge >= 0.3 is 0 Å². The van der Waals surface area contributed by atoms with Crippen LogP contribution in [0.1, 0.15) is 23.1 Å². The molecule has 1 aromatic heterocycles. The zero-order chi connectivity index (χ0) is 12.5. The monoisotopic (exact) mass is 265 g/mol. The molecule has 0 radical (unpaired) electrons. The highest BCUT2D eigenvalue weighted by atomic mass is 32.1. The number of halogens is 2. The Kier molecular flexibility index (Phi) is 3.14. The highest BCUT2D eigenvalue weighted by Gasteiger charge is 2.16. The van der Waals surface area contributed by atoms with Crippen molar-refractivity contribution in [3.05, 3.63) is 45.6 Å². The molecule has 94 valence electrons. The standard InChI is InChI=1S/C14H13F2NS/c15-14(16)13-8-18-7-12(13)10-1-2-11-6-17-4-3-9(11)5-10/h1-2,5,7-8,14,17H,3-4,6H2. The summed E-state index contributed by atoms with van der Waals surface area (Å²) in [6, 6.07) is 6.05. The lowest BCUT2D eigenvalue weighted by atomic mass is 9.95. The molecule has 1 aliphatic heterocycles. The van der Waals surface area contributed by atoms with Gasteiger partial charge in [0.1, 0.15) is 0 Å². The van der Waals surface area contributed by atoms with Gasteiger partial charge < -0.3 is 5.32 Å². The molecule has 0 fully saturated rings. The lowest BCUT2D eigenvalue weighted by molar-refractivity contribution is 0.152. The van der Waals surface area contributed by atoms with Gasteiger partial charge in [-0.3, -0.25) is 0 Å². The van der Waals surface area contributed by atoms with E-state index in [0.29, 0.717) is 5.56 Å². The van der Waals surface area contributed by atoms with Crippen LogP contribution in [-0.4, -0.2) is 6.54 Å². The molecule has 0 atom stereocenters. The third-order valence-electron chi connectivity index (χ3n) is 3.33. The van der Waals surface area contributed by atoms with Gasteiger partial charge in [0.2, 0.25) is 0 Å². The summed E-state index contributed by atoms with van der Waals surface area (Å²) in [5.41, 5.74) is 4.29. The average Bonchev–Trinajstić information content (AvgIpc) is 2.87. The van der Waals surface area contributed by atoms with Crippen LogP contribution in [0, 0.1) is 0 Å². The van der Waals surface area contributed by atoms with Crippen molar-refractivity contribution in [3.63, 3.8) is 0 Å². The third-order valence-corrected chi connectivity index (χ3v) is 4.09. The molecule has 0 bridgehead atoms. The van der Waals surface area contributed by atoms with E-state index in [1.807, 2.05) is 17.5 Å². The smallest absolute Gasteiger partial charge is 0.265 e. The molecule has 3 rings (SSSR count). The van der Waals surface area contributed by atoms with E-state index in [9.17, 15) is 8.78 Å². The molecule has 0 spiro atoms. The van der Waals surface area contributed by atoms with Gasteiger partial charge in [-0.15, -0.1) is 0 Å². The second-order valence-electron chi connectivity index (χ2n) is 4.45. The quantitative estimate of drug-likeness (QED) is 0.865. The summed E-state index contributed by atoms with van der Waals surface area (Å²) in [6.07, 6.45) is -1.43. The van der Waals surface area contributed by atoms with Crippen molar-refractivity contribution in [1.82, 2.24) is 5.32 Å². The normalized spacial score (nSPS) is 14.8. The summed E-state index contributed by atoms with van der Waals surface area (Å²) >= 11 is 1.33. The first-order chi connectivity index (χ1) is 8.75. The Morgan fingerprint density at radius 3 is 2.89 bits per heavy atom. The molecule has 18 heavy (non-hydrogen) atoms. The van der Waals surface area contributed by atoms with Crippen molar-refractivity contribution in [2.24, 2.45) is 0 Å². The Labute approximate surface area is 108 Å². The molecule has 0 aliphatic carbocycles. The minimum Gasteiger partial charge on any atom is -0.312 e. The topological polar surface area (TPSA) is 12.0 Å². The largest absolute Gasteiger partial charge is 0.312 e. The van der Waals surface area contributed by atoms with Crippen molar-refractivity contribution < 1.29 is 8.78 Å². The first-order valence-corrected chi connectivity index (χ1v) is 6.87. The second kappa shape index (κ2) is 4.78. The number of hydrogen-bond acceptors (Lipinski definition) is 2. The van der Waals surface area contributed by atoms with Gasteiger partial charge in [0.15, 0.2) is 0 Å². The maximum Gasteiger partial charge on any atom is 0.265 e. The van der Waals surface area contributed by atoms with Crippen LogP contribution in [0.4, 0.5) is 8.78 Å². The summed E-state index contributed by atoms with van der Waals surface area (Å²) in [7, 11) is 0. The number of nitrogens with one attached hydrogen (secondary N) is 1. The predicted molar refractivity (Wildman–Crippen MR) is 70.1 cm³/mol.